The second-order valence-electron chi connectivity index (χ2n) is 4.83. The van der Waals surface area contributed by atoms with Gasteiger partial charge in [-0.1, -0.05) is 38.3 Å². The van der Waals surface area contributed by atoms with Crippen LogP contribution < -0.4 is 5.32 Å². The second kappa shape index (κ2) is 8.93. The number of methoxy groups -OCH3 is 1. The van der Waals surface area contributed by atoms with E-state index in [2.05, 4.69) is 24.1 Å². The van der Waals surface area contributed by atoms with Crippen molar-refractivity contribution in [3.8, 4) is 0 Å². The minimum atomic E-state index is -0.123. The Morgan fingerprint density at radius 2 is 2.15 bits per heavy atom. The van der Waals surface area contributed by atoms with Crippen molar-refractivity contribution in [2.24, 2.45) is 0 Å². The van der Waals surface area contributed by atoms with E-state index in [1.54, 1.807) is 19.2 Å². The summed E-state index contributed by atoms with van der Waals surface area (Å²) in [5.41, 5.74) is 1.41. The minimum Gasteiger partial charge on any atom is -0.383 e. The van der Waals surface area contributed by atoms with Crippen molar-refractivity contribution in [3.63, 3.8) is 0 Å². The number of ether oxygens (including phenoxy) is 1. The molecule has 1 amide bonds. The maximum absolute atomic E-state index is 12.3. The number of nitrogens with zero attached hydrogens (tertiary/aromatic N) is 1. The Morgan fingerprint density at radius 3 is 2.75 bits per heavy atom. The van der Waals surface area contributed by atoms with Gasteiger partial charge in [0.05, 0.1) is 12.6 Å². The predicted molar refractivity (Wildman–Crippen MR) is 81.3 cm³/mol. The number of rotatable bonds is 8. The molecule has 1 atom stereocenters. The van der Waals surface area contributed by atoms with Crippen LogP contribution in [0, 0.1) is 0 Å². The zero-order chi connectivity index (χ0) is 15.0. The van der Waals surface area contributed by atoms with E-state index >= 15 is 0 Å². The van der Waals surface area contributed by atoms with Crippen molar-refractivity contribution in [1.82, 2.24) is 10.3 Å². The van der Waals surface area contributed by atoms with Crippen LogP contribution in [0.2, 0.25) is 5.15 Å². The third-order valence-electron chi connectivity index (χ3n) is 2.96. The van der Waals surface area contributed by atoms with Crippen molar-refractivity contribution in [1.29, 1.82) is 0 Å². The number of aromatic nitrogens is 1. The highest BCUT2D eigenvalue weighted by molar-refractivity contribution is 6.29. The molecule has 20 heavy (non-hydrogen) atoms. The average Bonchev–Trinajstić information content (AvgIpc) is 2.39. The van der Waals surface area contributed by atoms with Crippen molar-refractivity contribution < 1.29 is 9.53 Å². The summed E-state index contributed by atoms with van der Waals surface area (Å²) in [7, 11) is 1.64. The Bertz CT molecular complexity index is 432. The number of carbonyl (C=O) groups excluding carboxylic acids is 1. The molecule has 1 N–H and O–H groups in total. The molecule has 112 valence electrons. The molecule has 1 rings (SSSR count). The van der Waals surface area contributed by atoms with E-state index < -0.39 is 0 Å². The largest absolute Gasteiger partial charge is 0.383 e. The average molecular weight is 299 g/mol. The third kappa shape index (κ3) is 5.47. The second-order valence-corrected chi connectivity index (χ2v) is 5.22. The Labute approximate surface area is 125 Å². The van der Waals surface area contributed by atoms with Crippen LogP contribution in [0.5, 0.6) is 0 Å². The Morgan fingerprint density at radius 1 is 1.40 bits per heavy atom. The van der Waals surface area contributed by atoms with Gasteiger partial charge in [0.2, 0.25) is 0 Å². The maximum atomic E-state index is 12.3. The van der Waals surface area contributed by atoms with Crippen LogP contribution in [-0.2, 0) is 11.2 Å². The molecule has 1 aromatic heterocycles. The van der Waals surface area contributed by atoms with Gasteiger partial charge in [0.25, 0.3) is 5.91 Å². The highest BCUT2D eigenvalue weighted by Crippen LogP contribution is 2.13. The van der Waals surface area contributed by atoms with Crippen molar-refractivity contribution in [3.05, 3.63) is 28.5 Å². The van der Waals surface area contributed by atoms with Gasteiger partial charge >= 0.3 is 0 Å². The predicted octanol–water partition coefficient (Wildman–Crippen LogP) is 3.23. The van der Waals surface area contributed by atoms with Crippen LogP contribution in [-0.4, -0.2) is 30.6 Å². The molecule has 0 aliphatic carbocycles. The molecule has 4 nitrogen and oxygen atoms in total. The van der Waals surface area contributed by atoms with Crippen LogP contribution in [0.1, 0.15) is 49.2 Å². The summed E-state index contributed by atoms with van der Waals surface area (Å²) < 4.78 is 5.13. The van der Waals surface area contributed by atoms with Gasteiger partial charge in [-0.05, 0) is 25.0 Å². The standard InChI is InChI=1S/C15H23ClN2O2/c1-4-6-12-8-11(9-14(16)17-12)15(19)18-13(7-5-2)10-20-3/h8-9,13H,4-7,10H2,1-3H3,(H,18,19). The molecule has 0 fully saturated rings. The molecule has 1 unspecified atom stereocenters. The first-order valence-electron chi connectivity index (χ1n) is 7.06. The monoisotopic (exact) mass is 298 g/mol. The number of hydrogen-bond donors (Lipinski definition) is 1. The van der Waals surface area contributed by atoms with Gasteiger partial charge in [0, 0.05) is 18.4 Å². The van der Waals surface area contributed by atoms with Gasteiger partial charge in [0.15, 0.2) is 0 Å². The van der Waals surface area contributed by atoms with E-state index in [9.17, 15) is 4.79 Å². The molecule has 5 heteroatoms. The normalized spacial score (nSPS) is 12.2. The summed E-state index contributed by atoms with van der Waals surface area (Å²) in [6, 6.07) is 3.44. The lowest BCUT2D eigenvalue weighted by Gasteiger charge is -2.17. The fourth-order valence-electron chi connectivity index (χ4n) is 2.08. The number of pyridine rings is 1. The highest BCUT2D eigenvalue weighted by atomic mass is 35.5. The Hall–Kier alpha value is -1.13. The lowest BCUT2D eigenvalue weighted by atomic mass is 10.1. The van der Waals surface area contributed by atoms with Crippen LogP contribution in [0.4, 0.5) is 0 Å². The lowest BCUT2D eigenvalue weighted by Crippen LogP contribution is -2.38. The summed E-state index contributed by atoms with van der Waals surface area (Å²) in [6.07, 6.45) is 3.67. The zero-order valence-corrected chi connectivity index (χ0v) is 13.2. The summed E-state index contributed by atoms with van der Waals surface area (Å²) in [6.45, 7) is 4.66. The maximum Gasteiger partial charge on any atom is 0.251 e. The van der Waals surface area contributed by atoms with Crippen molar-refractivity contribution in [2.45, 2.75) is 45.6 Å². The number of aryl methyl sites for hydroxylation is 1. The third-order valence-corrected chi connectivity index (χ3v) is 3.15. The smallest absolute Gasteiger partial charge is 0.251 e. The number of amides is 1. The molecule has 1 heterocycles. The number of carbonyl (C=O) groups is 1. The quantitative estimate of drug-likeness (QED) is 0.750. The number of halogens is 1. The van der Waals surface area contributed by atoms with Crippen LogP contribution in [0.3, 0.4) is 0 Å². The molecule has 0 bridgehead atoms. The van der Waals surface area contributed by atoms with E-state index in [0.29, 0.717) is 17.3 Å². The minimum absolute atomic E-state index is 0.0269. The molecule has 0 aliphatic heterocycles. The van der Waals surface area contributed by atoms with E-state index in [0.717, 1.165) is 31.4 Å². The molecule has 0 saturated heterocycles. The molecule has 0 aliphatic rings. The fourth-order valence-corrected chi connectivity index (χ4v) is 2.31. The molecule has 1 aromatic rings. The van der Waals surface area contributed by atoms with Crippen molar-refractivity contribution >= 4 is 17.5 Å². The van der Waals surface area contributed by atoms with Crippen LogP contribution in [0.25, 0.3) is 0 Å². The van der Waals surface area contributed by atoms with Gasteiger partial charge in [0.1, 0.15) is 5.15 Å². The topological polar surface area (TPSA) is 51.2 Å². The molecular formula is C15H23ClN2O2. The van der Waals surface area contributed by atoms with Crippen molar-refractivity contribution in [2.75, 3.05) is 13.7 Å². The molecule has 0 saturated carbocycles. The van der Waals surface area contributed by atoms with Crippen LogP contribution >= 0.6 is 11.6 Å². The van der Waals surface area contributed by atoms with E-state index in [4.69, 9.17) is 16.3 Å². The van der Waals surface area contributed by atoms with Gasteiger partial charge in [-0.3, -0.25) is 4.79 Å². The molecule has 0 radical (unpaired) electrons. The fraction of sp³-hybridized carbons (Fsp3) is 0.600. The highest BCUT2D eigenvalue weighted by Gasteiger charge is 2.14. The first-order valence-corrected chi connectivity index (χ1v) is 7.44. The van der Waals surface area contributed by atoms with Gasteiger partial charge in [-0.25, -0.2) is 4.98 Å². The SMILES string of the molecule is CCCc1cc(C(=O)NC(CCC)COC)cc(Cl)n1. The summed E-state index contributed by atoms with van der Waals surface area (Å²) >= 11 is 5.97. The van der Waals surface area contributed by atoms with Crippen LogP contribution in [0.15, 0.2) is 12.1 Å². The van der Waals surface area contributed by atoms with Gasteiger partial charge in [-0.15, -0.1) is 0 Å². The zero-order valence-electron chi connectivity index (χ0n) is 12.4. The van der Waals surface area contributed by atoms with E-state index in [1.165, 1.54) is 0 Å². The Kier molecular flexibility index (Phi) is 7.55. The number of nitrogens with one attached hydrogen (secondary N) is 1. The van der Waals surface area contributed by atoms with E-state index in [1.807, 2.05) is 0 Å². The Balaban J connectivity index is 2.79. The van der Waals surface area contributed by atoms with Gasteiger partial charge < -0.3 is 10.1 Å². The first kappa shape index (κ1) is 16.9. The van der Waals surface area contributed by atoms with Gasteiger partial charge in [-0.2, -0.15) is 0 Å². The molecule has 0 spiro atoms. The molecular weight excluding hydrogens is 276 g/mol. The lowest BCUT2D eigenvalue weighted by molar-refractivity contribution is 0.0891. The number of hydrogen-bond acceptors (Lipinski definition) is 3. The molecule has 0 aromatic carbocycles. The summed E-state index contributed by atoms with van der Waals surface area (Å²) in [5.74, 6) is -0.123. The summed E-state index contributed by atoms with van der Waals surface area (Å²) in [5, 5.41) is 3.34. The summed E-state index contributed by atoms with van der Waals surface area (Å²) in [4.78, 5) is 16.5. The van der Waals surface area contributed by atoms with E-state index in [-0.39, 0.29) is 11.9 Å². The first-order chi connectivity index (χ1) is 9.60.